The number of allylic oxidation sites excluding steroid dienone is 3. The number of aliphatic hydroxyl groups excluding tert-OH is 2. The van der Waals surface area contributed by atoms with Gasteiger partial charge in [-0.1, -0.05) is 76.8 Å². The predicted octanol–water partition coefficient (Wildman–Crippen LogP) is 2.38. The van der Waals surface area contributed by atoms with Gasteiger partial charge in [0.2, 0.25) is 0 Å². The molecule has 256 valence electrons. The number of carbonyl (C=O) groups is 3. The zero-order valence-corrected chi connectivity index (χ0v) is 27.5. The summed E-state index contributed by atoms with van der Waals surface area (Å²) in [6, 6.07) is 0. The van der Waals surface area contributed by atoms with Crippen molar-refractivity contribution in [2.45, 2.75) is 126 Å². The van der Waals surface area contributed by atoms with Crippen LogP contribution in [0.4, 0.5) is 0 Å². The Hall–Kier alpha value is -2.67. The van der Waals surface area contributed by atoms with Gasteiger partial charge in [-0.25, -0.2) is 4.79 Å². The highest BCUT2D eigenvalue weighted by molar-refractivity contribution is 6.05. The van der Waals surface area contributed by atoms with E-state index in [4.69, 9.17) is 14.2 Å². The van der Waals surface area contributed by atoms with Gasteiger partial charge in [-0.3, -0.25) is 9.59 Å². The fourth-order valence-corrected chi connectivity index (χ4v) is 8.11. The van der Waals surface area contributed by atoms with Gasteiger partial charge in [0.15, 0.2) is 17.0 Å². The minimum absolute atomic E-state index is 0.0396. The van der Waals surface area contributed by atoms with E-state index in [1.165, 1.54) is 58.6 Å². The summed E-state index contributed by atoms with van der Waals surface area (Å²) in [5.74, 6) is -6.79. The Morgan fingerprint density at radius 1 is 1.04 bits per heavy atom. The van der Waals surface area contributed by atoms with Crippen LogP contribution in [0.1, 0.15) is 79.6 Å². The summed E-state index contributed by atoms with van der Waals surface area (Å²) in [5.41, 5.74) is -9.06. The van der Waals surface area contributed by atoms with E-state index in [9.17, 15) is 39.9 Å². The van der Waals surface area contributed by atoms with Gasteiger partial charge in [-0.2, -0.15) is 0 Å². The zero-order chi connectivity index (χ0) is 34.2. The van der Waals surface area contributed by atoms with E-state index < -0.39 is 88.9 Å². The number of hydrogen-bond donors (Lipinski definition) is 5. The lowest BCUT2D eigenvalue weighted by atomic mass is 9.53. The number of unbranched alkanes of at least 4 members (excludes halogenated alkanes) is 6. The molecule has 4 rings (SSSR count). The number of hydrogen-bond acceptors (Lipinski definition) is 11. The molecule has 46 heavy (non-hydrogen) atoms. The SMILES string of the molecule is C=C(C)[C@@]1(O)[C@H](OC(=O)/C=C/C=C/CCCCCCCC)[C@@H]2[C@@H]3O[C@]3(CO)[C@@H](O)[C@]3(O)C(=O)C(C)=C[C@H]3[C@@]2(O)[C@H](C)[C@H]1OC(C)=O. The Kier molecular flexibility index (Phi) is 10.6. The lowest BCUT2D eigenvalue weighted by molar-refractivity contribution is -0.287. The molecule has 0 unspecified atom stereocenters. The van der Waals surface area contributed by atoms with Crippen molar-refractivity contribution >= 4 is 17.7 Å². The average molecular weight is 647 g/mol. The van der Waals surface area contributed by atoms with E-state index in [0.29, 0.717) is 0 Å². The van der Waals surface area contributed by atoms with E-state index in [1.54, 1.807) is 6.08 Å². The molecule has 11 atom stereocenters. The van der Waals surface area contributed by atoms with Crippen LogP contribution in [0.15, 0.2) is 48.1 Å². The zero-order valence-electron chi connectivity index (χ0n) is 27.5. The molecule has 11 nitrogen and oxygen atoms in total. The Morgan fingerprint density at radius 3 is 2.30 bits per heavy atom. The maximum Gasteiger partial charge on any atom is 0.331 e. The number of epoxide rings is 1. The third kappa shape index (κ3) is 5.62. The summed E-state index contributed by atoms with van der Waals surface area (Å²) in [5, 5.41) is 59.1. The Morgan fingerprint density at radius 2 is 1.70 bits per heavy atom. The van der Waals surface area contributed by atoms with E-state index >= 15 is 0 Å². The summed E-state index contributed by atoms with van der Waals surface area (Å²) >= 11 is 0. The topological polar surface area (TPSA) is 183 Å². The Bertz CT molecular complexity index is 1300. The van der Waals surface area contributed by atoms with Crippen molar-refractivity contribution in [3.8, 4) is 0 Å². The first-order valence-electron chi connectivity index (χ1n) is 16.3. The van der Waals surface area contributed by atoms with Gasteiger partial charge < -0.3 is 39.7 Å². The fraction of sp³-hybridized carbons (Fsp3) is 0.686. The molecule has 0 aromatic carbocycles. The third-order valence-electron chi connectivity index (χ3n) is 10.7. The van der Waals surface area contributed by atoms with Crippen molar-refractivity contribution in [2.75, 3.05) is 6.61 Å². The van der Waals surface area contributed by atoms with Crippen LogP contribution in [0.3, 0.4) is 0 Å². The first-order valence-corrected chi connectivity index (χ1v) is 16.3. The molecular formula is C35H50O11. The van der Waals surface area contributed by atoms with Gasteiger partial charge in [0.25, 0.3) is 0 Å². The number of ketones is 1. The highest BCUT2D eigenvalue weighted by atomic mass is 16.6. The van der Waals surface area contributed by atoms with E-state index in [0.717, 1.165) is 32.3 Å². The second-order valence-electron chi connectivity index (χ2n) is 13.6. The van der Waals surface area contributed by atoms with Gasteiger partial charge in [-0.15, -0.1) is 0 Å². The minimum Gasteiger partial charge on any atom is -0.459 e. The summed E-state index contributed by atoms with van der Waals surface area (Å²) in [6.07, 6.45) is 8.79. The number of Topliss-reactive ketones (excluding diaryl/α,β-unsaturated/α-hetero) is 1. The summed E-state index contributed by atoms with van der Waals surface area (Å²) in [6.45, 7) is 10.7. The van der Waals surface area contributed by atoms with Gasteiger partial charge in [0.05, 0.1) is 18.1 Å². The maximum absolute atomic E-state index is 13.4. The van der Waals surface area contributed by atoms with Crippen LogP contribution in [0, 0.1) is 17.8 Å². The normalized spacial score (nSPS) is 41.4. The van der Waals surface area contributed by atoms with Crippen LogP contribution in [0.5, 0.6) is 0 Å². The molecule has 0 bridgehead atoms. The van der Waals surface area contributed by atoms with Crippen LogP contribution in [0.25, 0.3) is 0 Å². The minimum atomic E-state index is -2.64. The van der Waals surface area contributed by atoms with Crippen LogP contribution in [-0.4, -0.2) is 96.7 Å². The van der Waals surface area contributed by atoms with Crippen LogP contribution in [0.2, 0.25) is 0 Å². The number of fused-ring (bicyclic) bond motifs is 5. The summed E-state index contributed by atoms with van der Waals surface area (Å²) in [7, 11) is 0. The van der Waals surface area contributed by atoms with Gasteiger partial charge >= 0.3 is 11.9 Å². The molecule has 11 heteroatoms. The first-order chi connectivity index (χ1) is 21.6. The molecule has 4 aliphatic rings. The molecule has 0 spiro atoms. The molecule has 0 radical (unpaired) electrons. The monoisotopic (exact) mass is 646 g/mol. The van der Waals surface area contributed by atoms with Crippen LogP contribution in [-0.2, 0) is 28.6 Å². The van der Waals surface area contributed by atoms with Gasteiger partial charge in [0.1, 0.15) is 30.0 Å². The van der Waals surface area contributed by atoms with Gasteiger partial charge in [-0.05, 0) is 37.8 Å². The molecule has 0 amide bonds. The maximum atomic E-state index is 13.4. The molecule has 1 aliphatic heterocycles. The average Bonchev–Trinajstić information content (AvgIpc) is 3.69. The second kappa shape index (κ2) is 13.4. The summed E-state index contributed by atoms with van der Waals surface area (Å²) in [4.78, 5) is 39.1. The van der Waals surface area contributed by atoms with E-state index in [2.05, 4.69) is 13.5 Å². The quantitative estimate of drug-likeness (QED) is 0.0495. The predicted molar refractivity (Wildman–Crippen MR) is 167 cm³/mol. The van der Waals surface area contributed by atoms with Gasteiger partial charge in [0, 0.05) is 24.8 Å². The van der Waals surface area contributed by atoms with E-state index in [1.807, 2.05) is 6.08 Å². The number of rotatable bonds is 13. The highest BCUT2D eigenvalue weighted by Crippen LogP contribution is 2.66. The second-order valence-corrected chi connectivity index (χ2v) is 13.6. The fourth-order valence-electron chi connectivity index (χ4n) is 8.11. The number of carbonyl (C=O) groups excluding carboxylic acids is 3. The summed E-state index contributed by atoms with van der Waals surface area (Å²) < 4.78 is 17.4. The van der Waals surface area contributed by atoms with Crippen molar-refractivity contribution in [1.29, 1.82) is 0 Å². The smallest absolute Gasteiger partial charge is 0.331 e. The Labute approximate surface area is 270 Å². The molecular weight excluding hydrogens is 596 g/mol. The number of esters is 2. The number of ether oxygens (including phenoxy) is 3. The molecule has 3 fully saturated rings. The highest BCUT2D eigenvalue weighted by Gasteiger charge is 2.85. The largest absolute Gasteiger partial charge is 0.459 e. The van der Waals surface area contributed by atoms with Crippen molar-refractivity contribution < 1.29 is 54.1 Å². The third-order valence-corrected chi connectivity index (χ3v) is 10.7. The van der Waals surface area contributed by atoms with Crippen LogP contribution < -0.4 is 0 Å². The standard InChI is InChI=1S/C35H50O11/c1-7-8-9-10-11-12-13-14-15-16-17-25(38)45-30-26-29-32(19-36,46-29)31(40)35(43)24(18-21(4)27(35)39)34(26,42)22(5)28(44-23(6)37)33(30,41)20(2)3/h14-18,22,24,26,28-31,36,40-43H,2,7-13,19H2,1,3-6H3/b15-14+,17-16+/t22-,24+,26+,28-,29+,30-,31-,32+,33+,34+,35-/m1/s1. The molecule has 0 aromatic heterocycles. The lowest BCUT2D eigenvalue weighted by Gasteiger charge is -2.59. The molecule has 3 aliphatic carbocycles. The molecule has 1 saturated heterocycles. The van der Waals surface area contributed by atoms with Crippen molar-refractivity contribution in [3.63, 3.8) is 0 Å². The van der Waals surface area contributed by atoms with Crippen LogP contribution >= 0.6 is 0 Å². The Balaban J connectivity index is 1.73. The van der Waals surface area contributed by atoms with E-state index in [-0.39, 0.29) is 11.1 Å². The van der Waals surface area contributed by atoms with Crippen molar-refractivity contribution in [1.82, 2.24) is 0 Å². The molecule has 2 saturated carbocycles. The molecule has 5 N–H and O–H groups in total. The number of aliphatic hydroxyl groups is 5. The van der Waals surface area contributed by atoms with Crippen molar-refractivity contribution in [2.24, 2.45) is 17.8 Å². The van der Waals surface area contributed by atoms with Crippen molar-refractivity contribution in [3.05, 3.63) is 48.1 Å². The molecule has 0 aromatic rings. The lowest BCUT2D eigenvalue weighted by Crippen LogP contribution is -2.76. The molecule has 1 heterocycles. The first kappa shape index (κ1) is 36.2.